The Morgan fingerprint density at radius 1 is 0.933 bits per heavy atom. The average molecular weight is 211 g/mol. The zero-order valence-corrected chi connectivity index (χ0v) is 11.3. The van der Waals surface area contributed by atoms with Crippen LogP contribution in [0.15, 0.2) is 12.2 Å². The zero-order chi connectivity index (χ0) is 11.7. The molecular formula is C14H29N. The number of nitrogens with zero attached hydrogens (tertiary/aromatic N) is 1. The van der Waals surface area contributed by atoms with Gasteiger partial charge in [-0.1, -0.05) is 53.2 Å². The molecule has 1 heteroatoms. The summed E-state index contributed by atoms with van der Waals surface area (Å²) in [6, 6.07) is 0. The van der Waals surface area contributed by atoms with Crippen molar-refractivity contribution in [3.05, 3.63) is 12.2 Å². The predicted molar refractivity (Wildman–Crippen MR) is 70.2 cm³/mol. The molecule has 0 radical (unpaired) electrons. The van der Waals surface area contributed by atoms with E-state index in [1.165, 1.54) is 25.9 Å². The Morgan fingerprint density at radius 2 is 1.47 bits per heavy atom. The molecule has 0 unspecified atom stereocenters. The topological polar surface area (TPSA) is 3.24 Å². The van der Waals surface area contributed by atoms with Gasteiger partial charge in [0.15, 0.2) is 0 Å². The summed E-state index contributed by atoms with van der Waals surface area (Å²) in [6.45, 7) is 15.0. The Balaban J connectivity index is 3.89. The van der Waals surface area contributed by atoms with E-state index < -0.39 is 0 Å². The maximum Gasteiger partial charge on any atom is 0.0163 e. The van der Waals surface area contributed by atoms with E-state index in [0.717, 1.165) is 18.4 Å². The van der Waals surface area contributed by atoms with Crippen molar-refractivity contribution in [3.63, 3.8) is 0 Å². The summed E-state index contributed by atoms with van der Waals surface area (Å²) >= 11 is 0. The second kappa shape index (κ2) is 8.96. The highest BCUT2D eigenvalue weighted by molar-refractivity contribution is 4.85. The maximum atomic E-state index is 2.56. The standard InChI is InChI=1S/C14H29N/c1-6-7-8-9-10-15(11-13(2)3)12-14(4)5/h8-9,13-14H,6-7,10-12H2,1-5H3/b9-8+. The molecule has 0 heterocycles. The van der Waals surface area contributed by atoms with Gasteiger partial charge in [-0.15, -0.1) is 0 Å². The first kappa shape index (κ1) is 14.7. The highest BCUT2D eigenvalue weighted by atomic mass is 15.1. The fraction of sp³-hybridized carbons (Fsp3) is 0.857. The van der Waals surface area contributed by atoms with Gasteiger partial charge in [-0.2, -0.15) is 0 Å². The van der Waals surface area contributed by atoms with Gasteiger partial charge in [0, 0.05) is 19.6 Å². The molecule has 0 N–H and O–H groups in total. The van der Waals surface area contributed by atoms with Crippen LogP contribution in [0.2, 0.25) is 0 Å². The molecule has 0 amide bonds. The molecule has 0 atom stereocenters. The molecule has 0 saturated heterocycles. The van der Waals surface area contributed by atoms with Crippen LogP contribution in [0, 0.1) is 11.8 Å². The van der Waals surface area contributed by atoms with Gasteiger partial charge in [0.25, 0.3) is 0 Å². The minimum Gasteiger partial charge on any atom is -0.299 e. The second-order valence-electron chi connectivity index (χ2n) is 5.27. The van der Waals surface area contributed by atoms with Gasteiger partial charge >= 0.3 is 0 Å². The molecule has 1 nitrogen and oxygen atoms in total. The normalized spacial score (nSPS) is 12.5. The van der Waals surface area contributed by atoms with E-state index in [9.17, 15) is 0 Å². The van der Waals surface area contributed by atoms with Crippen molar-refractivity contribution in [1.29, 1.82) is 0 Å². The largest absolute Gasteiger partial charge is 0.299 e. The van der Waals surface area contributed by atoms with E-state index in [1.54, 1.807) is 0 Å². The summed E-state index contributed by atoms with van der Waals surface area (Å²) in [5.41, 5.74) is 0. The zero-order valence-electron chi connectivity index (χ0n) is 11.3. The first-order valence-corrected chi connectivity index (χ1v) is 6.43. The Bertz CT molecular complexity index is 149. The third kappa shape index (κ3) is 9.99. The van der Waals surface area contributed by atoms with Crippen molar-refractivity contribution in [3.8, 4) is 0 Å². The summed E-state index contributed by atoms with van der Waals surface area (Å²) in [5.74, 6) is 1.53. The van der Waals surface area contributed by atoms with Crippen molar-refractivity contribution in [1.82, 2.24) is 4.90 Å². The van der Waals surface area contributed by atoms with Crippen LogP contribution in [0.1, 0.15) is 47.5 Å². The number of hydrogen-bond donors (Lipinski definition) is 0. The fourth-order valence-corrected chi connectivity index (χ4v) is 1.76. The Morgan fingerprint density at radius 3 is 1.87 bits per heavy atom. The molecule has 0 bridgehead atoms. The fourth-order valence-electron chi connectivity index (χ4n) is 1.76. The van der Waals surface area contributed by atoms with Crippen LogP contribution in [-0.4, -0.2) is 24.5 Å². The molecule has 90 valence electrons. The molecule has 0 aliphatic carbocycles. The highest BCUT2D eigenvalue weighted by Crippen LogP contribution is 2.04. The van der Waals surface area contributed by atoms with Crippen LogP contribution < -0.4 is 0 Å². The van der Waals surface area contributed by atoms with Gasteiger partial charge < -0.3 is 0 Å². The number of allylic oxidation sites excluding steroid dienone is 1. The molecule has 15 heavy (non-hydrogen) atoms. The van der Waals surface area contributed by atoms with Crippen molar-refractivity contribution in [2.45, 2.75) is 47.5 Å². The van der Waals surface area contributed by atoms with Crippen LogP contribution in [-0.2, 0) is 0 Å². The number of rotatable bonds is 8. The highest BCUT2D eigenvalue weighted by Gasteiger charge is 2.07. The van der Waals surface area contributed by atoms with E-state index >= 15 is 0 Å². The molecule has 0 aromatic rings. The Labute approximate surface area is 96.6 Å². The molecule has 0 saturated carbocycles. The second-order valence-corrected chi connectivity index (χ2v) is 5.27. The lowest BCUT2D eigenvalue weighted by atomic mass is 10.1. The SMILES string of the molecule is CCC/C=C/CN(CC(C)C)CC(C)C. The van der Waals surface area contributed by atoms with Crippen LogP contribution in [0.5, 0.6) is 0 Å². The maximum absolute atomic E-state index is 2.56. The first-order chi connectivity index (χ1) is 7.06. The summed E-state index contributed by atoms with van der Waals surface area (Å²) < 4.78 is 0. The number of unbranched alkanes of at least 4 members (excludes halogenated alkanes) is 1. The van der Waals surface area contributed by atoms with E-state index in [-0.39, 0.29) is 0 Å². The Hall–Kier alpha value is -0.300. The van der Waals surface area contributed by atoms with Gasteiger partial charge in [-0.25, -0.2) is 0 Å². The van der Waals surface area contributed by atoms with Crippen molar-refractivity contribution in [2.75, 3.05) is 19.6 Å². The van der Waals surface area contributed by atoms with Gasteiger partial charge in [0.05, 0.1) is 0 Å². The van der Waals surface area contributed by atoms with E-state index in [0.29, 0.717) is 0 Å². The van der Waals surface area contributed by atoms with Crippen LogP contribution in [0.4, 0.5) is 0 Å². The van der Waals surface area contributed by atoms with Gasteiger partial charge in [-0.05, 0) is 18.3 Å². The van der Waals surface area contributed by atoms with Crippen LogP contribution in [0.25, 0.3) is 0 Å². The smallest absolute Gasteiger partial charge is 0.0163 e. The van der Waals surface area contributed by atoms with E-state index in [2.05, 4.69) is 51.7 Å². The first-order valence-electron chi connectivity index (χ1n) is 6.43. The molecular weight excluding hydrogens is 182 g/mol. The van der Waals surface area contributed by atoms with Gasteiger partial charge in [-0.3, -0.25) is 4.90 Å². The summed E-state index contributed by atoms with van der Waals surface area (Å²) in [7, 11) is 0. The molecule has 0 aromatic carbocycles. The lowest BCUT2D eigenvalue weighted by Gasteiger charge is -2.24. The third-order valence-corrected chi connectivity index (χ3v) is 2.23. The van der Waals surface area contributed by atoms with E-state index in [1.807, 2.05) is 0 Å². The summed E-state index contributed by atoms with van der Waals surface area (Å²) in [5, 5.41) is 0. The van der Waals surface area contributed by atoms with E-state index in [4.69, 9.17) is 0 Å². The lowest BCUT2D eigenvalue weighted by Crippen LogP contribution is -2.31. The van der Waals surface area contributed by atoms with Gasteiger partial charge in [0.1, 0.15) is 0 Å². The van der Waals surface area contributed by atoms with Gasteiger partial charge in [0.2, 0.25) is 0 Å². The molecule has 0 aliphatic rings. The average Bonchev–Trinajstić information content (AvgIpc) is 2.10. The molecule has 0 rings (SSSR count). The lowest BCUT2D eigenvalue weighted by molar-refractivity contribution is 0.241. The molecule has 0 spiro atoms. The van der Waals surface area contributed by atoms with Crippen molar-refractivity contribution >= 4 is 0 Å². The quantitative estimate of drug-likeness (QED) is 0.549. The minimum atomic E-state index is 0.767. The molecule has 0 aromatic heterocycles. The van der Waals surface area contributed by atoms with Crippen LogP contribution >= 0.6 is 0 Å². The van der Waals surface area contributed by atoms with Crippen LogP contribution in [0.3, 0.4) is 0 Å². The monoisotopic (exact) mass is 211 g/mol. The molecule has 0 aliphatic heterocycles. The summed E-state index contributed by atoms with van der Waals surface area (Å²) in [4.78, 5) is 2.56. The number of hydrogen-bond acceptors (Lipinski definition) is 1. The van der Waals surface area contributed by atoms with Crippen molar-refractivity contribution in [2.24, 2.45) is 11.8 Å². The minimum absolute atomic E-state index is 0.767. The van der Waals surface area contributed by atoms with Crippen molar-refractivity contribution < 1.29 is 0 Å². The summed E-state index contributed by atoms with van der Waals surface area (Å²) in [6.07, 6.45) is 7.12. The third-order valence-electron chi connectivity index (χ3n) is 2.23. The molecule has 0 fully saturated rings. The Kier molecular flexibility index (Phi) is 8.79. The predicted octanol–water partition coefficient (Wildman–Crippen LogP) is 3.96.